The van der Waals surface area contributed by atoms with Crippen molar-refractivity contribution < 1.29 is 9.05 Å². The lowest BCUT2D eigenvalue weighted by Gasteiger charge is -1.90. The summed E-state index contributed by atoms with van der Waals surface area (Å²) in [6, 6.07) is 3.45. The number of hydrogen-bond acceptors (Lipinski definition) is 7. The number of anilines is 1. The van der Waals surface area contributed by atoms with E-state index in [4.69, 9.17) is 15.9 Å². The number of nitrogens with zero attached hydrogens (tertiary/aromatic N) is 4. The minimum atomic E-state index is 0.0153. The number of rotatable bonds is 3. The normalized spacial score (nSPS) is 12.4. The summed E-state index contributed by atoms with van der Waals surface area (Å²) in [5.41, 5.74) is 11.1. The van der Waals surface area contributed by atoms with E-state index in [9.17, 15) is 0 Å². The molecule has 0 atom stereocenters. The van der Waals surface area contributed by atoms with Crippen LogP contribution in [0.5, 0.6) is 0 Å². The molecule has 0 aromatic carbocycles. The number of nitrogens with two attached hydrogens (primary N) is 2. The summed E-state index contributed by atoms with van der Waals surface area (Å²) in [6.07, 6.45) is 2.92. The molecule has 0 amide bonds. The van der Waals surface area contributed by atoms with Gasteiger partial charge in [-0.1, -0.05) is 0 Å². The van der Waals surface area contributed by atoms with E-state index in [1.54, 1.807) is 12.1 Å². The summed E-state index contributed by atoms with van der Waals surface area (Å²) in [7, 11) is 0. The second-order valence-electron chi connectivity index (χ2n) is 2.74. The van der Waals surface area contributed by atoms with E-state index in [-0.39, 0.29) is 17.3 Å². The lowest BCUT2D eigenvalue weighted by molar-refractivity contribution is 0.308. The van der Waals surface area contributed by atoms with Gasteiger partial charge in [-0.3, -0.25) is 0 Å². The van der Waals surface area contributed by atoms with E-state index >= 15 is 0 Å². The summed E-state index contributed by atoms with van der Waals surface area (Å²) in [4.78, 5) is 0. The largest absolute Gasteiger partial charge is 0.463 e. The third-order valence-electron chi connectivity index (χ3n) is 1.65. The van der Waals surface area contributed by atoms with Crippen molar-refractivity contribution in [2.75, 3.05) is 5.73 Å². The second-order valence-corrected chi connectivity index (χ2v) is 2.74. The Bertz CT molecular complexity index is 512. The number of furan rings is 1. The van der Waals surface area contributed by atoms with Gasteiger partial charge in [-0.25, -0.2) is 4.63 Å². The smallest absolute Gasteiger partial charge is 0.199 e. The maximum absolute atomic E-state index is 5.54. The second kappa shape index (κ2) is 4.26. The maximum Gasteiger partial charge on any atom is 0.199 e. The quantitative estimate of drug-likeness (QED) is 0.425. The minimum absolute atomic E-state index is 0.0153. The summed E-state index contributed by atoms with van der Waals surface area (Å²) >= 11 is 0. The summed E-state index contributed by atoms with van der Waals surface area (Å²) < 4.78 is 9.36. The highest BCUT2D eigenvalue weighted by Gasteiger charge is 2.09. The first kappa shape index (κ1) is 9.90. The van der Waals surface area contributed by atoms with Crippen LogP contribution < -0.4 is 11.5 Å². The Kier molecular flexibility index (Phi) is 2.63. The Hall–Kier alpha value is -2.64. The van der Waals surface area contributed by atoms with Crippen molar-refractivity contribution in [2.24, 2.45) is 15.9 Å². The molecular formula is C8H8N6O2. The van der Waals surface area contributed by atoms with Crippen LogP contribution in [0.25, 0.3) is 0 Å². The van der Waals surface area contributed by atoms with Crippen LogP contribution in [0.15, 0.2) is 37.6 Å². The Balaban J connectivity index is 2.11. The van der Waals surface area contributed by atoms with Crippen molar-refractivity contribution in [1.29, 1.82) is 0 Å². The zero-order valence-corrected chi connectivity index (χ0v) is 8.07. The molecule has 2 heterocycles. The molecule has 0 aliphatic heterocycles. The van der Waals surface area contributed by atoms with Crippen LogP contribution >= 0.6 is 0 Å². The van der Waals surface area contributed by atoms with E-state index in [1.807, 2.05) is 0 Å². The lowest BCUT2D eigenvalue weighted by atomic mass is 10.4. The molecule has 0 radical (unpaired) electrons. The van der Waals surface area contributed by atoms with Gasteiger partial charge in [-0.15, -0.1) is 5.10 Å². The molecule has 0 unspecified atom stereocenters. The van der Waals surface area contributed by atoms with Crippen molar-refractivity contribution >= 4 is 17.9 Å². The average Bonchev–Trinajstić information content (AvgIpc) is 2.88. The van der Waals surface area contributed by atoms with Crippen LogP contribution in [0.4, 0.5) is 5.82 Å². The molecule has 4 N–H and O–H groups in total. The predicted molar refractivity (Wildman–Crippen MR) is 55.7 cm³/mol. The molecule has 8 heteroatoms. The molecule has 0 bridgehead atoms. The summed E-state index contributed by atoms with van der Waals surface area (Å²) in [5.74, 6) is 0.638. The van der Waals surface area contributed by atoms with Gasteiger partial charge >= 0.3 is 0 Å². The molecule has 0 spiro atoms. The standard InChI is InChI=1S/C8H8N6O2/c9-7(6-8(10)14-16-13-6)12-11-4-5-2-1-3-15-5/h1-4H,(H2,9,12)(H2,10,14). The van der Waals surface area contributed by atoms with Crippen molar-refractivity contribution in [3.05, 3.63) is 29.9 Å². The molecular weight excluding hydrogens is 212 g/mol. The van der Waals surface area contributed by atoms with Crippen molar-refractivity contribution in [3.63, 3.8) is 0 Å². The third-order valence-corrected chi connectivity index (χ3v) is 1.65. The Labute approximate surface area is 89.6 Å². The molecule has 16 heavy (non-hydrogen) atoms. The highest BCUT2D eigenvalue weighted by atomic mass is 16.6. The highest BCUT2D eigenvalue weighted by molar-refractivity contribution is 5.99. The van der Waals surface area contributed by atoms with Gasteiger partial charge in [0.1, 0.15) is 5.76 Å². The minimum Gasteiger partial charge on any atom is -0.463 e. The Morgan fingerprint density at radius 1 is 1.44 bits per heavy atom. The van der Waals surface area contributed by atoms with E-state index in [0.717, 1.165) is 0 Å². The maximum atomic E-state index is 5.54. The molecule has 0 aliphatic carbocycles. The molecule has 82 valence electrons. The Morgan fingerprint density at radius 2 is 2.31 bits per heavy atom. The fraction of sp³-hybridized carbons (Fsp3) is 0. The van der Waals surface area contributed by atoms with Crippen molar-refractivity contribution in [2.45, 2.75) is 0 Å². The van der Waals surface area contributed by atoms with E-state index in [0.29, 0.717) is 5.76 Å². The van der Waals surface area contributed by atoms with Crippen molar-refractivity contribution in [3.8, 4) is 0 Å². The molecule has 0 saturated heterocycles. The number of nitrogen functional groups attached to an aromatic ring is 1. The van der Waals surface area contributed by atoms with Crippen LogP contribution in [0.2, 0.25) is 0 Å². The zero-order chi connectivity index (χ0) is 11.4. The van der Waals surface area contributed by atoms with E-state index in [1.165, 1.54) is 12.5 Å². The van der Waals surface area contributed by atoms with Gasteiger partial charge in [-0.2, -0.15) is 5.10 Å². The van der Waals surface area contributed by atoms with E-state index < -0.39 is 0 Å². The zero-order valence-electron chi connectivity index (χ0n) is 8.07. The summed E-state index contributed by atoms with van der Waals surface area (Å²) in [6.45, 7) is 0. The summed E-state index contributed by atoms with van der Waals surface area (Å²) in [5, 5.41) is 14.2. The van der Waals surface area contributed by atoms with Crippen molar-refractivity contribution in [1.82, 2.24) is 10.3 Å². The number of hydrogen-bond donors (Lipinski definition) is 2. The molecule has 2 aromatic rings. The van der Waals surface area contributed by atoms with Crippen LogP contribution in [-0.2, 0) is 0 Å². The fourth-order valence-electron chi connectivity index (χ4n) is 0.933. The van der Waals surface area contributed by atoms with Gasteiger partial charge in [0.15, 0.2) is 17.3 Å². The fourth-order valence-corrected chi connectivity index (χ4v) is 0.933. The Morgan fingerprint density at radius 3 is 2.94 bits per heavy atom. The third kappa shape index (κ3) is 2.05. The van der Waals surface area contributed by atoms with Gasteiger partial charge in [0.05, 0.1) is 12.5 Å². The SMILES string of the molecule is N/C(=N\N=Cc1ccco1)c1nonc1N. The lowest BCUT2D eigenvalue weighted by Crippen LogP contribution is -2.15. The first-order valence-corrected chi connectivity index (χ1v) is 4.26. The van der Waals surface area contributed by atoms with Gasteiger partial charge < -0.3 is 15.9 Å². The van der Waals surface area contributed by atoms with Gasteiger partial charge in [0.25, 0.3) is 0 Å². The molecule has 0 saturated carbocycles. The molecule has 2 rings (SSSR count). The topological polar surface area (TPSA) is 129 Å². The molecule has 8 nitrogen and oxygen atoms in total. The monoisotopic (exact) mass is 220 g/mol. The van der Waals surface area contributed by atoms with Crippen LogP contribution in [0, 0.1) is 0 Å². The molecule has 2 aromatic heterocycles. The highest BCUT2D eigenvalue weighted by Crippen LogP contribution is 2.03. The van der Waals surface area contributed by atoms with Gasteiger partial charge in [0, 0.05) is 0 Å². The van der Waals surface area contributed by atoms with Gasteiger partial charge in [-0.05, 0) is 22.4 Å². The van der Waals surface area contributed by atoms with Crippen LogP contribution in [0.3, 0.4) is 0 Å². The first-order chi connectivity index (χ1) is 7.77. The van der Waals surface area contributed by atoms with Gasteiger partial charge in [0.2, 0.25) is 0 Å². The van der Waals surface area contributed by atoms with Crippen LogP contribution in [0.1, 0.15) is 11.5 Å². The predicted octanol–water partition coefficient (Wildman–Crippen LogP) is -0.0158. The number of aromatic nitrogens is 2. The molecule has 0 aliphatic rings. The molecule has 0 fully saturated rings. The van der Waals surface area contributed by atoms with E-state index in [2.05, 4.69) is 25.1 Å². The number of amidine groups is 1. The van der Waals surface area contributed by atoms with Crippen LogP contribution in [-0.4, -0.2) is 22.4 Å². The average molecular weight is 220 g/mol. The first-order valence-electron chi connectivity index (χ1n) is 4.26.